The van der Waals surface area contributed by atoms with Crippen LogP contribution in [0.5, 0.6) is 0 Å². The summed E-state index contributed by atoms with van der Waals surface area (Å²) in [6, 6.07) is 1.99. The molecule has 1 amide bonds. The van der Waals surface area contributed by atoms with E-state index >= 15 is 0 Å². The number of nitrogens with one attached hydrogen (secondary N) is 1. The minimum Gasteiger partial charge on any atom is -0.337 e. The van der Waals surface area contributed by atoms with E-state index in [-0.39, 0.29) is 11.9 Å². The number of amides is 1. The van der Waals surface area contributed by atoms with Crippen LogP contribution in [0.25, 0.3) is 0 Å². The highest BCUT2D eigenvalue weighted by Crippen LogP contribution is 2.16. The van der Waals surface area contributed by atoms with Crippen LogP contribution < -0.4 is 5.73 Å². The Hall–Kier alpha value is -1.36. The number of aryl methyl sites for hydroxylation is 1. The van der Waals surface area contributed by atoms with Crippen LogP contribution in [-0.4, -0.2) is 40.1 Å². The van der Waals surface area contributed by atoms with Crippen LogP contribution in [-0.2, 0) is 0 Å². The number of hydrogen-bond acceptors (Lipinski definition) is 3. The number of H-pyrrole nitrogens is 1. The highest BCUT2D eigenvalue weighted by atomic mass is 16.2. The van der Waals surface area contributed by atoms with Gasteiger partial charge in [-0.05, 0) is 25.3 Å². The van der Waals surface area contributed by atoms with E-state index in [1.807, 2.05) is 11.8 Å². The van der Waals surface area contributed by atoms with Crippen molar-refractivity contribution in [2.45, 2.75) is 26.3 Å². The van der Waals surface area contributed by atoms with Gasteiger partial charge in [0.1, 0.15) is 5.69 Å². The molecule has 16 heavy (non-hydrogen) atoms. The standard InChI is InChI=1S/C11H18N4O/c1-7-6-15(4-3-9(7)12)11(16)10-5-8(2)13-14-10/h5,7,9H,3-4,6,12H2,1-2H3,(H,13,14). The lowest BCUT2D eigenvalue weighted by Gasteiger charge is -2.34. The average Bonchev–Trinajstić information content (AvgIpc) is 2.68. The number of nitrogens with two attached hydrogens (primary N) is 1. The zero-order valence-corrected chi connectivity index (χ0v) is 9.73. The Labute approximate surface area is 95.0 Å². The first-order valence-corrected chi connectivity index (χ1v) is 5.65. The number of piperidine rings is 1. The Morgan fingerprint density at radius 1 is 1.69 bits per heavy atom. The molecular weight excluding hydrogens is 204 g/mol. The fraction of sp³-hybridized carbons (Fsp3) is 0.636. The molecule has 5 nitrogen and oxygen atoms in total. The predicted molar refractivity (Wildman–Crippen MR) is 61.0 cm³/mol. The van der Waals surface area contributed by atoms with Gasteiger partial charge in [-0.1, -0.05) is 6.92 Å². The van der Waals surface area contributed by atoms with Crippen LogP contribution in [0.15, 0.2) is 6.07 Å². The van der Waals surface area contributed by atoms with Crippen LogP contribution in [0.4, 0.5) is 0 Å². The largest absolute Gasteiger partial charge is 0.337 e. The molecule has 0 spiro atoms. The van der Waals surface area contributed by atoms with Gasteiger partial charge in [0.15, 0.2) is 0 Å². The average molecular weight is 222 g/mol. The molecule has 2 heterocycles. The molecule has 1 aliphatic rings. The minimum absolute atomic E-state index is 0.00287. The Morgan fingerprint density at radius 3 is 3.00 bits per heavy atom. The topological polar surface area (TPSA) is 75.0 Å². The number of rotatable bonds is 1. The maximum absolute atomic E-state index is 12.1. The van der Waals surface area contributed by atoms with Gasteiger partial charge in [0.05, 0.1) is 0 Å². The summed E-state index contributed by atoms with van der Waals surface area (Å²) in [7, 11) is 0. The fourth-order valence-corrected chi connectivity index (χ4v) is 2.04. The van der Waals surface area contributed by atoms with E-state index in [4.69, 9.17) is 5.73 Å². The summed E-state index contributed by atoms with van der Waals surface area (Å²) >= 11 is 0. The number of nitrogens with zero attached hydrogens (tertiary/aromatic N) is 2. The van der Waals surface area contributed by atoms with Crippen LogP contribution in [0.3, 0.4) is 0 Å². The zero-order chi connectivity index (χ0) is 11.7. The van der Waals surface area contributed by atoms with Gasteiger partial charge in [-0.25, -0.2) is 0 Å². The lowest BCUT2D eigenvalue weighted by atomic mass is 9.94. The molecule has 1 fully saturated rings. The summed E-state index contributed by atoms with van der Waals surface area (Å²) in [6.07, 6.45) is 0.871. The van der Waals surface area contributed by atoms with Gasteiger partial charge in [0.2, 0.25) is 0 Å². The van der Waals surface area contributed by atoms with E-state index < -0.39 is 0 Å². The van der Waals surface area contributed by atoms with Crippen molar-refractivity contribution in [3.8, 4) is 0 Å². The molecule has 2 rings (SSSR count). The van der Waals surface area contributed by atoms with Gasteiger partial charge < -0.3 is 10.6 Å². The van der Waals surface area contributed by atoms with Crippen molar-refractivity contribution in [1.29, 1.82) is 0 Å². The smallest absolute Gasteiger partial charge is 0.274 e. The number of aromatic nitrogens is 2. The van der Waals surface area contributed by atoms with Gasteiger partial charge in [0.25, 0.3) is 5.91 Å². The lowest BCUT2D eigenvalue weighted by molar-refractivity contribution is 0.0658. The monoisotopic (exact) mass is 222 g/mol. The Kier molecular flexibility index (Phi) is 2.96. The highest BCUT2D eigenvalue weighted by molar-refractivity contribution is 5.92. The second-order valence-corrected chi connectivity index (χ2v) is 4.62. The van der Waals surface area contributed by atoms with Crippen LogP contribution >= 0.6 is 0 Å². The molecule has 1 aromatic rings. The molecule has 1 aromatic heterocycles. The van der Waals surface area contributed by atoms with E-state index in [9.17, 15) is 4.79 Å². The summed E-state index contributed by atoms with van der Waals surface area (Å²) in [4.78, 5) is 13.9. The van der Waals surface area contributed by atoms with Crippen molar-refractivity contribution in [3.63, 3.8) is 0 Å². The van der Waals surface area contributed by atoms with Gasteiger partial charge >= 0.3 is 0 Å². The number of likely N-dealkylation sites (tertiary alicyclic amines) is 1. The van der Waals surface area contributed by atoms with E-state index in [2.05, 4.69) is 17.1 Å². The second kappa shape index (κ2) is 4.25. The van der Waals surface area contributed by atoms with Crippen molar-refractivity contribution in [2.24, 2.45) is 11.7 Å². The van der Waals surface area contributed by atoms with Gasteiger partial charge in [-0.2, -0.15) is 5.10 Å². The molecule has 0 saturated carbocycles. The summed E-state index contributed by atoms with van der Waals surface area (Å²) in [5.74, 6) is 0.362. The van der Waals surface area contributed by atoms with E-state index in [0.717, 1.165) is 25.2 Å². The van der Waals surface area contributed by atoms with E-state index in [1.54, 1.807) is 6.07 Å². The summed E-state index contributed by atoms with van der Waals surface area (Å²) in [5, 5.41) is 6.77. The molecule has 0 aliphatic carbocycles. The minimum atomic E-state index is 0.00287. The third kappa shape index (κ3) is 2.09. The zero-order valence-electron chi connectivity index (χ0n) is 9.73. The molecular formula is C11H18N4O. The van der Waals surface area contributed by atoms with Crippen molar-refractivity contribution in [1.82, 2.24) is 15.1 Å². The molecule has 1 saturated heterocycles. The molecule has 1 aliphatic heterocycles. The van der Waals surface area contributed by atoms with Crippen LogP contribution in [0, 0.1) is 12.8 Å². The first-order chi connectivity index (χ1) is 7.58. The molecule has 0 bridgehead atoms. The number of hydrogen-bond donors (Lipinski definition) is 2. The first kappa shape index (κ1) is 11.1. The quantitative estimate of drug-likeness (QED) is 0.727. The van der Waals surface area contributed by atoms with Crippen LogP contribution in [0.1, 0.15) is 29.5 Å². The summed E-state index contributed by atoms with van der Waals surface area (Å²) in [5.41, 5.74) is 7.33. The van der Waals surface area contributed by atoms with E-state index in [0.29, 0.717) is 11.6 Å². The fourth-order valence-electron chi connectivity index (χ4n) is 2.04. The van der Waals surface area contributed by atoms with Crippen molar-refractivity contribution in [3.05, 3.63) is 17.5 Å². The van der Waals surface area contributed by atoms with Gasteiger partial charge in [-0.15, -0.1) is 0 Å². The molecule has 2 unspecified atom stereocenters. The van der Waals surface area contributed by atoms with Gasteiger partial charge in [0, 0.05) is 24.8 Å². The molecule has 3 N–H and O–H groups in total. The Balaban J connectivity index is 2.06. The third-order valence-electron chi connectivity index (χ3n) is 3.18. The number of aromatic amines is 1. The first-order valence-electron chi connectivity index (χ1n) is 5.65. The van der Waals surface area contributed by atoms with Crippen LogP contribution in [0.2, 0.25) is 0 Å². The van der Waals surface area contributed by atoms with Crippen molar-refractivity contribution in [2.75, 3.05) is 13.1 Å². The Morgan fingerprint density at radius 2 is 2.44 bits per heavy atom. The molecule has 5 heteroatoms. The summed E-state index contributed by atoms with van der Waals surface area (Å²) < 4.78 is 0. The molecule has 0 radical (unpaired) electrons. The van der Waals surface area contributed by atoms with Crippen molar-refractivity contribution < 1.29 is 4.79 Å². The lowest BCUT2D eigenvalue weighted by Crippen LogP contribution is -2.48. The maximum Gasteiger partial charge on any atom is 0.274 e. The predicted octanol–water partition coefficient (Wildman–Crippen LogP) is 0.527. The Bertz CT molecular complexity index is 387. The normalized spacial score (nSPS) is 25.8. The number of carbonyl (C=O) groups excluding carboxylic acids is 1. The van der Waals surface area contributed by atoms with Crippen molar-refractivity contribution >= 4 is 5.91 Å². The SMILES string of the molecule is Cc1cc(C(=O)N2CCC(N)C(C)C2)n[nH]1. The molecule has 2 atom stereocenters. The maximum atomic E-state index is 12.1. The van der Waals surface area contributed by atoms with E-state index in [1.165, 1.54) is 0 Å². The highest BCUT2D eigenvalue weighted by Gasteiger charge is 2.27. The molecule has 88 valence electrons. The second-order valence-electron chi connectivity index (χ2n) is 4.62. The van der Waals surface area contributed by atoms with Gasteiger partial charge in [-0.3, -0.25) is 9.89 Å². The summed E-state index contributed by atoms with van der Waals surface area (Å²) in [6.45, 7) is 5.43. The molecule has 0 aromatic carbocycles. The number of carbonyl (C=O) groups is 1. The third-order valence-corrected chi connectivity index (χ3v) is 3.18.